The van der Waals surface area contributed by atoms with Gasteiger partial charge < -0.3 is 9.84 Å². The van der Waals surface area contributed by atoms with Crippen LogP contribution in [0.15, 0.2) is 30.3 Å². The molecule has 7 nitrogen and oxygen atoms in total. The molecule has 0 aromatic heterocycles. The molecule has 0 fully saturated rings. The van der Waals surface area contributed by atoms with Gasteiger partial charge in [0.15, 0.2) is 0 Å². The molecule has 0 saturated carbocycles. The summed E-state index contributed by atoms with van der Waals surface area (Å²) in [5.74, 6) is -0.395. The molecule has 49 heavy (non-hydrogen) atoms. The maximum atomic E-state index is 13.7. The highest BCUT2D eigenvalue weighted by atomic mass is 32.2. The predicted molar refractivity (Wildman–Crippen MR) is 211 cm³/mol. The van der Waals surface area contributed by atoms with Gasteiger partial charge in [0, 0.05) is 6.42 Å². The van der Waals surface area contributed by atoms with Gasteiger partial charge >= 0.3 is 11.9 Å². The molecule has 1 aliphatic rings. The summed E-state index contributed by atoms with van der Waals surface area (Å²) in [4.78, 5) is 27.3. The standard InChI is InChI=1S/C39H61N3O4S3/c1-4-6-8-9-10-11-12-13-14-18-28-48-38(47)49-35(37(45)46-27-26-42-25-24-41(32-42)23-7-5-2)29-34(33-19-16-15-17-20-33)30-39(3,31-40)22-21-36(43)44/h15-17,19-20,32,34-35H,4-14,18,21-30H2,1-3H3/p+1. The zero-order valence-electron chi connectivity index (χ0n) is 30.4. The number of hydrogen-bond acceptors (Lipinski definition) is 8. The molecule has 2 rings (SSSR count). The topological polar surface area (TPSA) is 93.6 Å². The van der Waals surface area contributed by atoms with Crippen LogP contribution in [0, 0.1) is 16.7 Å². The van der Waals surface area contributed by atoms with E-state index in [1.807, 2.05) is 37.3 Å². The molecule has 0 bridgehead atoms. The number of rotatable bonds is 27. The largest absolute Gasteiger partial charge is 0.481 e. The van der Waals surface area contributed by atoms with Crippen LogP contribution in [0.1, 0.15) is 135 Å². The lowest BCUT2D eigenvalue weighted by atomic mass is 9.75. The number of carbonyl (C=O) groups is 2. The van der Waals surface area contributed by atoms with Gasteiger partial charge in [0.2, 0.25) is 6.34 Å². The molecule has 3 atom stereocenters. The molecule has 1 aromatic carbocycles. The number of esters is 1. The molecule has 10 heteroatoms. The first-order valence-corrected chi connectivity index (χ1v) is 21.0. The smallest absolute Gasteiger partial charge is 0.319 e. The number of unbranched alkanes of at least 4 members (excludes halogenated alkanes) is 10. The summed E-state index contributed by atoms with van der Waals surface area (Å²) in [6, 6.07) is 12.3. The third kappa shape index (κ3) is 19.2. The van der Waals surface area contributed by atoms with E-state index in [-0.39, 0.29) is 24.7 Å². The van der Waals surface area contributed by atoms with Crippen molar-refractivity contribution >= 4 is 57.5 Å². The normalized spacial score (nSPS) is 15.2. The molecule has 3 unspecified atom stereocenters. The SMILES string of the molecule is CCCCCCCCCCCCSC(=S)SC(CC(CC(C)(C#N)CCC(=O)O)c1ccccc1)C(=O)OCCN1C=[N+](CCCC)CC1. The van der Waals surface area contributed by atoms with Crippen LogP contribution in [0.2, 0.25) is 0 Å². The Morgan fingerprint density at radius 1 is 1.04 bits per heavy atom. The van der Waals surface area contributed by atoms with Crippen LogP contribution in [-0.4, -0.2) is 80.2 Å². The Balaban J connectivity index is 2.03. The van der Waals surface area contributed by atoms with E-state index in [0.717, 1.165) is 47.3 Å². The molecule has 1 aliphatic heterocycles. The zero-order valence-corrected chi connectivity index (χ0v) is 32.9. The quantitative estimate of drug-likeness (QED) is 0.0411. The van der Waals surface area contributed by atoms with Gasteiger partial charge in [-0.15, -0.1) is 11.8 Å². The first-order chi connectivity index (χ1) is 23.7. The van der Waals surface area contributed by atoms with Crippen molar-refractivity contribution in [3.63, 3.8) is 0 Å². The van der Waals surface area contributed by atoms with Crippen molar-refractivity contribution in [1.82, 2.24) is 4.90 Å². The minimum atomic E-state index is -0.914. The van der Waals surface area contributed by atoms with E-state index >= 15 is 0 Å². The first kappa shape index (κ1) is 43.1. The van der Waals surface area contributed by atoms with E-state index in [1.165, 1.54) is 76.0 Å². The molecule has 0 amide bonds. The molecule has 0 radical (unpaired) electrons. The summed E-state index contributed by atoms with van der Waals surface area (Å²) in [6.45, 7) is 10.2. The van der Waals surface area contributed by atoms with E-state index in [2.05, 4.69) is 35.7 Å². The summed E-state index contributed by atoms with van der Waals surface area (Å²) < 4.78 is 8.99. The second-order valence-electron chi connectivity index (χ2n) is 13.7. The van der Waals surface area contributed by atoms with Crippen LogP contribution in [0.25, 0.3) is 0 Å². The lowest BCUT2D eigenvalue weighted by Crippen LogP contribution is -2.30. The van der Waals surface area contributed by atoms with Crippen molar-refractivity contribution in [1.29, 1.82) is 5.26 Å². The van der Waals surface area contributed by atoms with Crippen LogP contribution in [-0.2, 0) is 14.3 Å². The number of ether oxygens (including phenoxy) is 1. The molecular formula is C39H62N3O4S3+. The summed E-state index contributed by atoms with van der Waals surface area (Å²) >= 11 is 8.89. The van der Waals surface area contributed by atoms with Crippen molar-refractivity contribution < 1.29 is 24.0 Å². The lowest BCUT2D eigenvalue weighted by molar-refractivity contribution is -0.514. The van der Waals surface area contributed by atoms with E-state index < -0.39 is 16.6 Å². The Bertz CT molecular complexity index is 1180. The van der Waals surface area contributed by atoms with Gasteiger partial charge in [0.05, 0.1) is 18.0 Å². The Morgan fingerprint density at radius 2 is 1.69 bits per heavy atom. The Hall–Kier alpha value is -2.09. The highest BCUT2D eigenvalue weighted by Crippen LogP contribution is 2.40. The molecule has 1 aromatic rings. The van der Waals surface area contributed by atoms with Crippen LogP contribution < -0.4 is 0 Å². The van der Waals surface area contributed by atoms with Gasteiger partial charge in [-0.05, 0) is 56.3 Å². The van der Waals surface area contributed by atoms with Crippen molar-refractivity contribution in [2.45, 2.75) is 135 Å². The van der Waals surface area contributed by atoms with Crippen LogP contribution in [0.3, 0.4) is 0 Å². The zero-order chi connectivity index (χ0) is 35.7. The van der Waals surface area contributed by atoms with Gasteiger partial charge in [0.1, 0.15) is 35.0 Å². The molecule has 1 heterocycles. The number of benzene rings is 1. The number of carboxylic acid groups (broad SMARTS) is 1. The second-order valence-corrected chi connectivity index (χ2v) is 17.2. The van der Waals surface area contributed by atoms with Crippen molar-refractivity contribution in [3.8, 4) is 6.07 Å². The Morgan fingerprint density at radius 3 is 2.33 bits per heavy atom. The number of aliphatic carboxylic acids is 1. The monoisotopic (exact) mass is 732 g/mol. The maximum Gasteiger partial charge on any atom is 0.319 e. The molecular weight excluding hydrogens is 671 g/mol. The second kappa shape index (κ2) is 25.8. The average Bonchev–Trinajstić information content (AvgIpc) is 3.56. The summed E-state index contributed by atoms with van der Waals surface area (Å²) in [5.41, 5.74) is 0.179. The first-order valence-electron chi connectivity index (χ1n) is 18.7. The highest BCUT2D eigenvalue weighted by molar-refractivity contribution is 8.47. The van der Waals surface area contributed by atoms with E-state index in [1.54, 1.807) is 11.8 Å². The van der Waals surface area contributed by atoms with E-state index in [4.69, 9.17) is 17.0 Å². The van der Waals surface area contributed by atoms with E-state index in [9.17, 15) is 20.0 Å². The van der Waals surface area contributed by atoms with Gasteiger partial charge in [-0.25, -0.2) is 0 Å². The fraction of sp³-hybridized carbons (Fsp3) is 0.718. The van der Waals surface area contributed by atoms with Crippen molar-refractivity contribution in [3.05, 3.63) is 35.9 Å². The van der Waals surface area contributed by atoms with Crippen molar-refractivity contribution in [2.24, 2.45) is 5.41 Å². The number of carboxylic acids is 1. The van der Waals surface area contributed by atoms with Crippen LogP contribution in [0.4, 0.5) is 0 Å². The third-order valence-corrected chi connectivity index (χ3v) is 12.1. The highest BCUT2D eigenvalue weighted by Gasteiger charge is 2.34. The number of hydrogen-bond donors (Lipinski definition) is 1. The lowest BCUT2D eigenvalue weighted by Gasteiger charge is -2.29. The number of nitriles is 1. The van der Waals surface area contributed by atoms with Crippen LogP contribution in [0.5, 0.6) is 0 Å². The van der Waals surface area contributed by atoms with Crippen molar-refractivity contribution in [2.75, 3.05) is 38.5 Å². The summed E-state index contributed by atoms with van der Waals surface area (Å²) in [5, 5.41) is 18.9. The molecule has 274 valence electrons. The minimum absolute atomic E-state index is 0.0745. The van der Waals surface area contributed by atoms with Gasteiger partial charge in [-0.2, -0.15) is 5.26 Å². The minimum Gasteiger partial charge on any atom is -0.481 e. The van der Waals surface area contributed by atoms with Gasteiger partial charge in [0.25, 0.3) is 0 Å². The van der Waals surface area contributed by atoms with E-state index in [0.29, 0.717) is 26.0 Å². The predicted octanol–water partition coefficient (Wildman–Crippen LogP) is 9.69. The molecule has 0 aliphatic carbocycles. The number of nitrogens with zero attached hydrogens (tertiary/aromatic N) is 3. The van der Waals surface area contributed by atoms with Gasteiger partial charge in [-0.1, -0.05) is 132 Å². The number of thioether (sulfide) groups is 2. The third-order valence-electron chi connectivity index (χ3n) is 9.27. The summed E-state index contributed by atoms with van der Waals surface area (Å²) in [6.07, 6.45) is 18.4. The van der Waals surface area contributed by atoms with Gasteiger partial charge in [-0.3, -0.25) is 19.1 Å². The average molecular weight is 733 g/mol. The Labute approximate surface area is 311 Å². The fourth-order valence-corrected chi connectivity index (χ4v) is 8.91. The summed E-state index contributed by atoms with van der Waals surface area (Å²) in [7, 11) is 0. The number of carbonyl (C=O) groups excluding carboxylic acids is 1. The molecule has 0 spiro atoms. The molecule has 1 N–H and O–H groups in total. The number of thiocarbonyl (C=S) groups is 1. The maximum absolute atomic E-state index is 13.7. The fourth-order valence-electron chi connectivity index (χ4n) is 6.20. The molecule has 0 saturated heterocycles. The Kier molecular flexibility index (Phi) is 22.7. The van der Waals surface area contributed by atoms with Crippen LogP contribution >= 0.6 is 35.7 Å².